The fraction of sp³-hybridized carbons (Fsp3) is 0.684. The van der Waals surface area contributed by atoms with Crippen molar-refractivity contribution < 1.29 is 17.9 Å². The number of nitrogens with zero attached hydrogens (tertiary/aromatic N) is 2. The zero-order valence-electron chi connectivity index (χ0n) is 16.3. The first kappa shape index (κ1) is 22.5. The Hall–Kier alpha value is -0.800. The minimum atomic E-state index is -3.58. The van der Waals surface area contributed by atoms with Crippen molar-refractivity contribution in [3.8, 4) is 5.75 Å². The predicted molar refractivity (Wildman–Crippen MR) is 111 cm³/mol. The highest BCUT2D eigenvalue weighted by molar-refractivity contribution is 7.89. The van der Waals surface area contributed by atoms with Crippen molar-refractivity contribution in [1.82, 2.24) is 9.21 Å². The van der Waals surface area contributed by atoms with Crippen molar-refractivity contribution in [2.24, 2.45) is 0 Å². The van der Waals surface area contributed by atoms with Crippen LogP contribution in [0, 0.1) is 0 Å². The molecule has 0 spiro atoms. The third kappa shape index (κ3) is 6.64. The molecule has 1 aromatic rings. The van der Waals surface area contributed by atoms with Crippen molar-refractivity contribution >= 4 is 22.7 Å². The molecule has 0 saturated carbocycles. The Bertz CT molecular complexity index is 646. The molecule has 2 rings (SSSR count). The highest BCUT2D eigenvalue weighted by Crippen LogP contribution is 2.22. The maximum Gasteiger partial charge on any atom is 0.243 e. The largest absolute Gasteiger partial charge is 0.494 e. The molecule has 1 atom stereocenters. The van der Waals surface area contributed by atoms with Gasteiger partial charge in [-0.25, -0.2) is 8.42 Å². The molecule has 8 heteroatoms. The summed E-state index contributed by atoms with van der Waals surface area (Å²) in [6.45, 7) is 8.87. The van der Waals surface area contributed by atoms with E-state index >= 15 is 0 Å². The van der Waals surface area contributed by atoms with Crippen molar-refractivity contribution in [2.75, 3.05) is 51.8 Å². The van der Waals surface area contributed by atoms with Crippen LogP contribution in [0.3, 0.4) is 0 Å². The molecule has 0 bridgehead atoms. The van der Waals surface area contributed by atoms with E-state index in [-0.39, 0.29) is 6.04 Å². The quantitative estimate of drug-likeness (QED) is 0.444. The van der Waals surface area contributed by atoms with Crippen LogP contribution in [0.4, 0.5) is 0 Å². The lowest BCUT2D eigenvalue weighted by Gasteiger charge is -2.32. The van der Waals surface area contributed by atoms with Gasteiger partial charge in [0, 0.05) is 38.0 Å². The minimum absolute atomic E-state index is 0.181. The molecule has 0 amide bonds. The molecule has 1 heterocycles. The Morgan fingerprint density at radius 2 is 1.93 bits per heavy atom. The van der Waals surface area contributed by atoms with Gasteiger partial charge in [-0.3, -0.25) is 4.90 Å². The molecule has 0 N–H and O–H groups in total. The number of morpholine rings is 1. The topological polar surface area (TPSA) is 59.1 Å². The normalized spacial score (nSPS) is 17.2. The number of thiol groups is 1. The summed E-state index contributed by atoms with van der Waals surface area (Å²) in [4.78, 5) is 2.53. The van der Waals surface area contributed by atoms with Crippen molar-refractivity contribution in [3.63, 3.8) is 0 Å². The van der Waals surface area contributed by atoms with Crippen molar-refractivity contribution in [1.29, 1.82) is 0 Å². The van der Waals surface area contributed by atoms with Gasteiger partial charge in [0.15, 0.2) is 0 Å². The Morgan fingerprint density at radius 3 is 2.52 bits per heavy atom. The second-order valence-corrected chi connectivity index (χ2v) is 9.03. The molecule has 1 saturated heterocycles. The van der Waals surface area contributed by atoms with Crippen molar-refractivity contribution in [3.05, 3.63) is 24.3 Å². The summed E-state index contributed by atoms with van der Waals surface area (Å²) in [6.07, 6.45) is 2.04. The van der Waals surface area contributed by atoms with Crippen LogP contribution in [0.15, 0.2) is 29.2 Å². The van der Waals surface area contributed by atoms with Crippen LogP contribution >= 0.6 is 12.6 Å². The number of ether oxygens (including phenoxy) is 2. The fourth-order valence-corrected chi connectivity index (χ4v) is 4.84. The molecule has 1 aromatic carbocycles. The first-order valence-corrected chi connectivity index (χ1v) is 11.7. The van der Waals surface area contributed by atoms with Gasteiger partial charge in [-0.1, -0.05) is 13.3 Å². The van der Waals surface area contributed by atoms with E-state index in [2.05, 4.69) is 24.5 Å². The number of sulfonamides is 1. The summed E-state index contributed by atoms with van der Waals surface area (Å²) < 4.78 is 38.9. The van der Waals surface area contributed by atoms with Crippen LogP contribution in [0.2, 0.25) is 0 Å². The van der Waals surface area contributed by atoms with Gasteiger partial charge in [0.25, 0.3) is 0 Å². The van der Waals surface area contributed by atoms with Crippen LogP contribution in [0.5, 0.6) is 5.75 Å². The number of benzene rings is 1. The first-order valence-electron chi connectivity index (χ1n) is 9.64. The number of unbranched alkanes of at least 4 members (excludes halogenated alkanes) is 1. The zero-order chi connectivity index (χ0) is 19.7. The molecule has 27 heavy (non-hydrogen) atoms. The Morgan fingerprint density at radius 1 is 1.26 bits per heavy atom. The number of hydrogen-bond donors (Lipinski definition) is 1. The predicted octanol–water partition coefficient (Wildman–Crippen LogP) is 2.51. The summed E-state index contributed by atoms with van der Waals surface area (Å²) in [6, 6.07) is 6.54. The second kappa shape index (κ2) is 11.3. The van der Waals surface area contributed by atoms with Crippen LogP contribution < -0.4 is 4.74 Å². The van der Waals surface area contributed by atoms with Crippen LogP contribution in [0.1, 0.15) is 26.7 Å². The van der Waals surface area contributed by atoms with E-state index in [0.29, 0.717) is 49.3 Å². The van der Waals surface area contributed by atoms with E-state index in [0.717, 1.165) is 25.9 Å². The highest BCUT2D eigenvalue weighted by Gasteiger charge is 2.29. The second-order valence-electron chi connectivity index (χ2n) is 6.77. The lowest BCUT2D eigenvalue weighted by Crippen LogP contribution is -2.46. The third-order valence-corrected chi connectivity index (χ3v) is 7.25. The molecule has 0 unspecified atom stereocenters. The fourth-order valence-electron chi connectivity index (χ4n) is 2.91. The summed E-state index contributed by atoms with van der Waals surface area (Å²) in [5.41, 5.74) is 0. The molecule has 1 fully saturated rings. The Labute approximate surface area is 169 Å². The average Bonchev–Trinajstić information content (AvgIpc) is 2.69. The monoisotopic (exact) mass is 416 g/mol. The molecule has 1 aliphatic heterocycles. The number of hydrogen-bond acceptors (Lipinski definition) is 6. The van der Waals surface area contributed by atoms with Gasteiger partial charge >= 0.3 is 0 Å². The maximum absolute atomic E-state index is 13.2. The van der Waals surface area contributed by atoms with Gasteiger partial charge in [-0.15, -0.1) is 0 Å². The van der Waals surface area contributed by atoms with Crippen molar-refractivity contribution in [2.45, 2.75) is 37.6 Å². The molecular weight excluding hydrogens is 384 g/mol. The van der Waals surface area contributed by atoms with Gasteiger partial charge in [0.05, 0.1) is 24.7 Å². The first-order chi connectivity index (χ1) is 13.0. The Kier molecular flexibility index (Phi) is 9.38. The number of rotatable bonds is 11. The average molecular weight is 417 g/mol. The molecule has 0 aliphatic carbocycles. The van der Waals surface area contributed by atoms with E-state index in [4.69, 9.17) is 9.47 Å². The van der Waals surface area contributed by atoms with E-state index < -0.39 is 10.0 Å². The van der Waals surface area contributed by atoms with Gasteiger partial charge in [-0.2, -0.15) is 16.9 Å². The minimum Gasteiger partial charge on any atom is -0.494 e. The lowest BCUT2D eigenvalue weighted by molar-refractivity contribution is 0.0357. The van der Waals surface area contributed by atoms with E-state index in [1.807, 2.05) is 6.92 Å². The SMILES string of the molecule is CCCCOc1ccc(S(=O)(=O)N(CCN2CCOCC2)[C@H](C)CS)cc1. The van der Waals surface area contributed by atoms with Gasteiger partial charge in [-0.05, 0) is 37.6 Å². The van der Waals surface area contributed by atoms with Gasteiger partial charge in [0.1, 0.15) is 5.75 Å². The molecule has 154 valence electrons. The van der Waals surface area contributed by atoms with E-state index in [1.54, 1.807) is 28.6 Å². The molecule has 0 aromatic heterocycles. The summed E-state index contributed by atoms with van der Waals surface area (Å²) in [5.74, 6) is 1.17. The summed E-state index contributed by atoms with van der Waals surface area (Å²) in [7, 11) is -3.58. The van der Waals surface area contributed by atoms with E-state index in [9.17, 15) is 8.42 Å². The molecular formula is C19H32N2O4S2. The van der Waals surface area contributed by atoms with Gasteiger partial charge < -0.3 is 9.47 Å². The summed E-state index contributed by atoms with van der Waals surface area (Å²) in [5, 5.41) is 0. The smallest absolute Gasteiger partial charge is 0.243 e. The summed E-state index contributed by atoms with van der Waals surface area (Å²) >= 11 is 4.32. The third-order valence-electron chi connectivity index (χ3n) is 4.69. The van der Waals surface area contributed by atoms with Crippen LogP contribution in [-0.4, -0.2) is 75.4 Å². The van der Waals surface area contributed by atoms with E-state index in [1.165, 1.54) is 0 Å². The maximum atomic E-state index is 13.2. The lowest BCUT2D eigenvalue weighted by atomic mass is 10.3. The Balaban J connectivity index is 2.07. The molecule has 0 radical (unpaired) electrons. The molecule has 6 nitrogen and oxygen atoms in total. The highest BCUT2D eigenvalue weighted by atomic mass is 32.2. The van der Waals surface area contributed by atoms with Crippen LogP contribution in [-0.2, 0) is 14.8 Å². The van der Waals surface area contributed by atoms with Gasteiger partial charge in [0.2, 0.25) is 10.0 Å². The molecule has 1 aliphatic rings. The zero-order valence-corrected chi connectivity index (χ0v) is 18.1. The van der Waals surface area contributed by atoms with Crippen LogP contribution in [0.25, 0.3) is 0 Å². The standard InChI is InChI=1S/C19H32N2O4S2/c1-3-4-13-25-18-5-7-19(8-6-18)27(22,23)21(17(2)16-26)10-9-20-11-14-24-15-12-20/h5-8,17,26H,3-4,9-16H2,1-2H3/t17-/m1/s1.